The summed E-state index contributed by atoms with van der Waals surface area (Å²) in [4.78, 5) is 12.6. The van der Waals surface area contributed by atoms with Gasteiger partial charge in [-0.2, -0.15) is 0 Å². The molecule has 0 fully saturated rings. The van der Waals surface area contributed by atoms with Gasteiger partial charge in [-0.15, -0.1) is 0 Å². The minimum atomic E-state index is -4.08. The van der Waals surface area contributed by atoms with Crippen LogP contribution >= 0.6 is 0 Å². The normalized spacial score (nSPS) is 15.4. The third-order valence-electron chi connectivity index (χ3n) is 6.83. The van der Waals surface area contributed by atoms with Crippen molar-refractivity contribution < 1.29 is 27.4 Å². The molecule has 1 heterocycles. The van der Waals surface area contributed by atoms with E-state index in [9.17, 15) is 22.7 Å². The highest BCUT2D eigenvalue weighted by Gasteiger charge is 2.31. The summed E-state index contributed by atoms with van der Waals surface area (Å²) >= 11 is 0. The van der Waals surface area contributed by atoms with Crippen LogP contribution in [0.4, 0.5) is 9.18 Å². The summed E-state index contributed by atoms with van der Waals surface area (Å²) in [5, 5.41) is 13.3. The van der Waals surface area contributed by atoms with Crippen molar-refractivity contribution in [3.05, 3.63) is 88.7 Å². The van der Waals surface area contributed by atoms with E-state index in [1.54, 1.807) is 63.2 Å². The van der Waals surface area contributed by atoms with Gasteiger partial charge >= 0.3 is 6.09 Å². The van der Waals surface area contributed by atoms with Crippen LogP contribution in [0, 0.1) is 12.7 Å². The lowest BCUT2D eigenvalue weighted by atomic mass is 10.0. The Morgan fingerprint density at radius 1 is 1.10 bits per heavy atom. The van der Waals surface area contributed by atoms with Gasteiger partial charge in [0.2, 0.25) is 0 Å². The molecule has 1 aliphatic rings. The number of hydrogen-bond donors (Lipinski definition) is 2. The standard InChI is InChI=1S/C30H31FN2O5S/c1-18-5-7-22(8-6-18)39(36,37)33-27-12-10-24-23(9-11-26(24)32-29(35)38-30(2,3)4)25(27)16-28(33)20-13-19(17-34)14-21(31)15-20/h5-8,10,12-16,26,34H,9,11,17H2,1-4H3,(H,32,35)/t26-/m1/s1. The number of ether oxygens (including phenoxy) is 1. The van der Waals surface area contributed by atoms with E-state index < -0.39 is 27.5 Å². The fourth-order valence-electron chi connectivity index (χ4n) is 5.15. The molecule has 1 atom stereocenters. The Bertz CT molecular complexity index is 1690. The lowest BCUT2D eigenvalue weighted by molar-refractivity contribution is 0.0503. The average molecular weight is 551 g/mol. The van der Waals surface area contributed by atoms with Gasteiger partial charge in [0.15, 0.2) is 0 Å². The largest absolute Gasteiger partial charge is 0.444 e. The number of amides is 1. The van der Waals surface area contributed by atoms with Crippen molar-refractivity contribution in [2.24, 2.45) is 0 Å². The Morgan fingerprint density at radius 3 is 2.49 bits per heavy atom. The van der Waals surface area contributed by atoms with Crippen molar-refractivity contribution in [1.29, 1.82) is 0 Å². The number of benzene rings is 3. The van der Waals surface area contributed by atoms with E-state index in [0.717, 1.165) is 16.7 Å². The first-order valence-corrected chi connectivity index (χ1v) is 14.2. The van der Waals surface area contributed by atoms with Crippen molar-refractivity contribution in [2.75, 3.05) is 0 Å². The van der Waals surface area contributed by atoms with Crippen LogP contribution < -0.4 is 5.32 Å². The highest BCUT2D eigenvalue weighted by molar-refractivity contribution is 7.90. The molecule has 3 aromatic carbocycles. The van der Waals surface area contributed by atoms with Crippen LogP contribution in [0.2, 0.25) is 0 Å². The van der Waals surface area contributed by atoms with Gasteiger partial charge in [0.25, 0.3) is 10.0 Å². The number of carbonyl (C=O) groups is 1. The number of nitrogens with zero attached hydrogens (tertiary/aromatic N) is 1. The summed E-state index contributed by atoms with van der Waals surface area (Å²) < 4.78 is 49.3. The highest BCUT2D eigenvalue weighted by atomic mass is 32.2. The summed E-state index contributed by atoms with van der Waals surface area (Å²) in [5.41, 5.74) is 3.51. The monoisotopic (exact) mass is 550 g/mol. The molecule has 4 aromatic rings. The molecule has 0 spiro atoms. The fourth-order valence-corrected chi connectivity index (χ4v) is 6.67. The number of aliphatic hydroxyl groups excluding tert-OH is 1. The Morgan fingerprint density at radius 2 is 1.82 bits per heavy atom. The fraction of sp³-hybridized carbons (Fsp3) is 0.300. The molecule has 9 heteroatoms. The number of aromatic nitrogens is 1. The van der Waals surface area contributed by atoms with Crippen LogP contribution in [0.15, 0.2) is 65.6 Å². The zero-order chi connectivity index (χ0) is 28.1. The molecule has 0 radical (unpaired) electrons. The Labute approximate surface area is 227 Å². The van der Waals surface area contributed by atoms with Crippen LogP contribution in [0.3, 0.4) is 0 Å². The van der Waals surface area contributed by atoms with E-state index in [2.05, 4.69) is 5.32 Å². The van der Waals surface area contributed by atoms with Gasteiger partial charge in [0, 0.05) is 10.9 Å². The summed E-state index contributed by atoms with van der Waals surface area (Å²) in [6.07, 6.45) is 0.733. The van der Waals surface area contributed by atoms with Crippen molar-refractivity contribution >= 4 is 27.0 Å². The van der Waals surface area contributed by atoms with Crippen molar-refractivity contribution in [2.45, 2.75) is 63.7 Å². The molecule has 1 amide bonds. The van der Waals surface area contributed by atoms with Crippen molar-refractivity contribution in [1.82, 2.24) is 9.29 Å². The van der Waals surface area contributed by atoms with E-state index in [4.69, 9.17) is 4.74 Å². The third-order valence-corrected chi connectivity index (χ3v) is 8.58. The molecular formula is C30H31FN2O5S. The number of nitrogens with one attached hydrogen (secondary N) is 1. The molecule has 0 unspecified atom stereocenters. The van der Waals surface area contributed by atoms with Gasteiger partial charge in [-0.3, -0.25) is 0 Å². The molecule has 204 valence electrons. The Balaban J connectivity index is 1.69. The lowest BCUT2D eigenvalue weighted by Gasteiger charge is -2.22. The average Bonchev–Trinajstić information content (AvgIpc) is 3.44. The smallest absolute Gasteiger partial charge is 0.408 e. The SMILES string of the molecule is Cc1ccc(S(=O)(=O)n2c(-c3cc(F)cc(CO)c3)cc3c4c(ccc32)[C@H](NC(=O)OC(C)(C)C)CC4)cc1. The second-order valence-corrected chi connectivity index (χ2v) is 12.7. The third kappa shape index (κ3) is 5.16. The maximum absolute atomic E-state index is 14.5. The molecule has 39 heavy (non-hydrogen) atoms. The summed E-state index contributed by atoms with van der Waals surface area (Å²) in [7, 11) is -4.08. The predicted molar refractivity (Wildman–Crippen MR) is 147 cm³/mol. The first-order chi connectivity index (χ1) is 18.4. The van der Waals surface area contributed by atoms with E-state index in [-0.39, 0.29) is 23.2 Å². The minimum Gasteiger partial charge on any atom is -0.444 e. The number of hydrogen-bond acceptors (Lipinski definition) is 5. The number of fused-ring (bicyclic) bond motifs is 3. The Hall–Kier alpha value is -3.69. The topological polar surface area (TPSA) is 97.6 Å². The van der Waals surface area contributed by atoms with E-state index >= 15 is 0 Å². The van der Waals surface area contributed by atoms with Crippen LogP contribution in [-0.2, 0) is 27.8 Å². The lowest BCUT2D eigenvalue weighted by Crippen LogP contribution is -2.34. The zero-order valence-electron chi connectivity index (χ0n) is 22.3. The number of rotatable bonds is 5. The summed E-state index contributed by atoms with van der Waals surface area (Å²) in [5.74, 6) is -0.576. The second-order valence-electron chi connectivity index (χ2n) is 10.9. The molecule has 1 aromatic heterocycles. The number of carbonyl (C=O) groups excluding carboxylic acids is 1. The number of halogens is 1. The van der Waals surface area contributed by atoms with Crippen LogP contribution in [0.1, 0.15) is 55.5 Å². The van der Waals surface area contributed by atoms with Crippen molar-refractivity contribution in [3.8, 4) is 11.3 Å². The van der Waals surface area contributed by atoms with Gasteiger partial charge in [-0.05, 0) is 99.7 Å². The molecule has 5 rings (SSSR count). The van der Waals surface area contributed by atoms with E-state index in [0.29, 0.717) is 34.9 Å². The quantitative estimate of drug-likeness (QED) is 0.318. The van der Waals surface area contributed by atoms with E-state index in [1.807, 2.05) is 13.0 Å². The Kier molecular flexibility index (Phi) is 6.76. The molecule has 0 aliphatic heterocycles. The first-order valence-electron chi connectivity index (χ1n) is 12.8. The highest BCUT2D eigenvalue weighted by Crippen LogP contribution is 2.41. The zero-order valence-corrected chi connectivity index (χ0v) is 23.1. The molecule has 1 aliphatic carbocycles. The van der Waals surface area contributed by atoms with Gasteiger partial charge < -0.3 is 15.2 Å². The second kappa shape index (κ2) is 9.81. The van der Waals surface area contributed by atoms with Crippen LogP contribution in [0.5, 0.6) is 0 Å². The van der Waals surface area contributed by atoms with Crippen LogP contribution in [0.25, 0.3) is 22.2 Å². The van der Waals surface area contributed by atoms with Gasteiger partial charge in [0.1, 0.15) is 11.4 Å². The van der Waals surface area contributed by atoms with Gasteiger partial charge in [-0.1, -0.05) is 23.8 Å². The molecule has 2 N–H and O–H groups in total. The van der Waals surface area contributed by atoms with Crippen molar-refractivity contribution in [3.63, 3.8) is 0 Å². The number of alkyl carbamates (subject to hydrolysis) is 1. The number of aliphatic hydroxyl groups is 1. The van der Waals surface area contributed by atoms with E-state index in [1.165, 1.54) is 16.1 Å². The van der Waals surface area contributed by atoms with Gasteiger partial charge in [0.05, 0.1) is 28.8 Å². The summed E-state index contributed by atoms with van der Waals surface area (Å²) in [6, 6.07) is 15.7. The molecule has 0 saturated heterocycles. The molecule has 0 saturated carbocycles. The maximum atomic E-state index is 14.5. The summed E-state index contributed by atoms with van der Waals surface area (Å²) in [6.45, 7) is 6.88. The molecule has 7 nitrogen and oxygen atoms in total. The number of aryl methyl sites for hydroxylation is 2. The van der Waals surface area contributed by atoms with Crippen LogP contribution in [-0.4, -0.2) is 29.2 Å². The molecular weight excluding hydrogens is 519 g/mol. The predicted octanol–water partition coefficient (Wildman–Crippen LogP) is 6.00. The van der Waals surface area contributed by atoms with Gasteiger partial charge in [-0.25, -0.2) is 21.6 Å². The minimum absolute atomic E-state index is 0.107. The molecule has 0 bridgehead atoms. The first kappa shape index (κ1) is 26.9. The maximum Gasteiger partial charge on any atom is 0.408 e.